The van der Waals surface area contributed by atoms with Crippen molar-refractivity contribution >= 4 is 11.9 Å². The molecule has 5 heterocycles. The van der Waals surface area contributed by atoms with E-state index in [1.807, 2.05) is 0 Å². The van der Waals surface area contributed by atoms with Gasteiger partial charge in [0.25, 0.3) is 0 Å². The van der Waals surface area contributed by atoms with Crippen LogP contribution in [0, 0.1) is 23.7 Å². The van der Waals surface area contributed by atoms with Crippen molar-refractivity contribution in [1.82, 2.24) is 0 Å². The predicted octanol–water partition coefficient (Wildman–Crippen LogP) is 0.467. The number of esters is 2. The van der Waals surface area contributed by atoms with E-state index >= 15 is 9.59 Å². The Labute approximate surface area is 468 Å². The van der Waals surface area contributed by atoms with Crippen LogP contribution in [0.1, 0.15) is 57.4 Å². The van der Waals surface area contributed by atoms with Gasteiger partial charge in [0.1, 0.15) is 48.8 Å². The van der Waals surface area contributed by atoms with E-state index in [-0.39, 0.29) is 71.1 Å². The van der Waals surface area contributed by atoms with Crippen molar-refractivity contribution in [3.05, 3.63) is 81.9 Å². The van der Waals surface area contributed by atoms with Crippen LogP contribution < -0.4 is 47.4 Å². The zero-order valence-corrected chi connectivity index (χ0v) is 45.2. The van der Waals surface area contributed by atoms with Gasteiger partial charge in [-0.05, 0) is 81.9 Å². The Kier molecular flexibility index (Phi) is 16.2. The second kappa shape index (κ2) is 23.2. The van der Waals surface area contributed by atoms with Crippen LogP contribution in [0.5, 0.6) is 57.5 Å². The molecule has 26 heteroatoms. The van der Waals surface area contributed by atoms with Gasteiger partial charge in [-0.25, -0.2) is 0 Å². The summed E-state index contributed by atoms with van der Waals surface area (Å²) < 4.78 is 96.8. The van der Waals surface area contributed by atoms with Crippen LogP contribution in [-0.4, -0.2) is 197 Å². The van der Waals surface area contributed by atoms with Gasteiger partial charge in [0.05, 0.1) is 93.1 Å². The number of hydrogen-bond donors (Lipinski definition) is 8. The van der Waals surface area contributed by atoms with Crippen LogP contribution >= 0.6 is 0 Å². The lowest BCUT2D eigenvalue weighted by Crippen LogP contribution is -2.60. The second-order valence-corrected chi connectivity index (χ2v) is 20.7. The van der Waals surface area contributed by atoms with Crippen LogP contribution in [0.15, 0.2) is 48.5 Å². The predicted molar refractivity (Wildman–Crippen MR) is 272 cm³/mol. The lowest BCUT2D eigenvalue weighted by atomic mass is 9.64. The van der Waals surface area contributed by atoms with Gasteiger partial charge >= 0.3 is 11.9 Å². The Hall–Kier alpha value is -6.66. The van der Waals surface area contributed by atoms with Crippen molar-refractivity contribution in [2.45, 2.75) is 85.5 Å². The Morgan fingerprint density at radius 2 is 0.756 bits per heavy atom. The maximum Gasteiger partial charge on any atom is 0.310 e. The maximum atomic E-state index is 16.0. The second-order valence-electron chi connectivity index (χ2n) is 20.7. The summed E-state index contributed by atoms with van der Waals surface area (Å²) in [4.78, 5) is 32.1. The molecule has 2 aliphatic carbocycles. The standard InChI is InChI=1S/C56H64O26/c1-67-33-7-21(8-34(68-2)51(33)71-5)39-23-11-29-31(77-19-75-29)13-25(23)49(81-55-47(63)45(61)43(59)37(15-57)79-55)27-17-74-54(66)42-28(18-73-53(65)41(27)39)50(82-56-48(64)46(62)44(60)38(16-58)80-56)26-14-32-30(76-20-78-32)12-24(26)40(42)22-9-35(69-3)52(72-6)36(10-22)70-4/h7-14,27-28,37-50,55-64H,15-20H2,1-6H3/t27-,28+,37-,38-,39-,40-,41+,42-,43-,44-,45+,46+,47-,48-,49+,50+,55+,56+/m1/s1. The topological polar surface area (TPSA) is 344 Å². The molecule has 8 N–H and O–H groups in total. The van der Waals surface area contributed by atoms with Gasteiger partial charge in [-0.15, -0.1) is 0 Å². The Bertz CT molecular complexity index is 2770. The van der Waals surface area contributed by atoms with Crippen LogP contribution in [-0.2, 0) is 38.0 Å². The lowest BCUT2D eigenvalue weighted by molar-refractivity contribution is -0.320. The molecule has 0 unspecified atom stereocenters. The number of hydrogen-bond acceptors (Lipinski definition) is 26. The average Bonchev–Trinajstić information content (AvgIpc) is 4.30. The SMILES string of the molecule is COc1cc([C@@H]2c3cc4c(cc3[C@H](O[C@@H]3O[C@H](CO)[C@@H](O)[C@H](O)[C@H]3O)[C@@H]3COC(=O)[C@H]5[C@H](c6cc(OC)c(OC)c(OC)c6)c6cc7c(cc6[C@H](O[C@@H]6O[C@H](CO)[C@@H](O)[C@H](O)[C@H]6O)[C@H]5COC(=O)[C@H]23)OCO7)OCO4)cc(OC)c1OC. The Balaban J connectivity index is 1.12. The zero-order chi connectivity index (χ0) is 58.0. The van der Waals surface area contributed by atoms with Crippen LogP contribution in [0.4, 0.5) is 0 Å². The molecule has 0 saturated carbocycles. The van der Waals surface area contributed by atoms with E-state index in [0.717, 1.165) is 0 Å². The molecule has 7 aliphatic rings. The summed E-state index contributed by atoms with van der Waals surface area (Å²) in [5.41, 5.74) is 2.16. The smallest absolute Gasteiger partial charge is 0.310 e. The number of carbonyl (C=O) groups is 2. The zero-order valence-electron chi connectivity index (χ0n) is 45.2. The molecule has 3 saturated heterocycles. The van der Waals surface area contributed by atoms with E-state index in [0.29, 0.717) is 33.4 Å². The molecular formula is C56H64O26. The van der Waals surface area contributed by atoms with Crippen molar-refractivity contribution < 1.29 is 126 Å². The summed E-state index contributed by atoms with van der Waals surface area (Å²) in [5.74, 6) is -7.24. The van der Waals surface area contributed by atoms with Crippen molar-refractivity contribution in [3.63, 3.8) is 0 Å². The molecule has 4 aromatic carbocycles. The van der Waals surface area contributed by atoms with Crippen molar-refractivity contribution in [2.24, 2.45) is 23.7 Å². The summed E-state index contributed by atoms with van der Waals surface area (Å²) in [5, 5.41) is 87.4. The van der Waals surface area contributed by atoms with E-state index in [9.17, 15) is 40.9 Å². The summed E-state index contributed by atoms with van der Waals surface area (Å²) in [6.45, 7) is -3.30. The van der Waals surface area contributed by atoms with Crippen LogP contribution in [0.25, 0.3) is 0 Å². The van der Waals surface area contributed by atoms with Crippen molar-refractivity contribution in [1.29, 1.82) is 0 Å². The molecule has 3 fully saturated rings. The van der Waals surface area contributed by atoms with E-state index < -0.39 is 147 Å². The first-order valence-corrected chi connectivity index (χ1v) is 26.3. The molecule has 11 rings (SSSR count). The Morgan fingerprint density at radius 1 is 0.427 bits per heavy atom. The minimum absolute atomic E-state index is 0.191. The van der Waals surface area contributed by atoms with E-state index in [2.05, 4.69) is 0 Å². The van der Waals surface area contributed by atoms with Gasteiger partial charge in [-0.1, -0.05) is 0 Å². The summed E-state index contributed by atoms with van der Waals surface area (Å²) in [6.07, 6.45) is -20.5. The van der Waals surface area contributed by atoms with E-state index in [1.54, 1.807) is 48.5 Å². The molecule has 0 spiro atoms. The van der Waals surface area contributed by atoms with Crippen molar-refractivity contribution in [3.8, 4) is 57.5 Å². The van der Waals surface area contributed by atoms with Gasteiger partial charge in [-0.2, -0.15) is 0 Å². The normalized spacial score (nSPS) is 33.5. The van der Waals surface area contributed by atoms with Crippen LogP contribution in [0.3, 0.4) is 0 Å². The first-order chi connectivity index (χ1) is 39.6. The molecule has 82 heavy (non-hydrogen) atoms. The van der Waals surface area contributed by atoms with Gasteiger partial charge in [-0.3, -0.25) is 9.59 Å². The molecule has 5 aliphatic heterocycles. The highest BCUT2D eigenvalue weighted by Crippen LogP contribution is 2.59. The number of cyclic esters (lactones) is 2. The fraction of sp³-hybridized carbons (Fsp3) is 0.536. The fourth-order valence-corrected chi connectivity index (χ4v) is 12.6. The van der Waals surface area contributed by atoms with Crippen molar-refractivity contribution in [2.75, 3.05) is 82.7 Å². The number of fused-ring (bicyclic) bond motifs is 6. The van der Waals surface area contributed by atoms with Crippen LogP contribution in [0.2, 0.25) is 0 Å². The molecule has 18 atom stereocenters. The number of methoxy groups -OCH3 is 6. The molecular weight excluding hydrogens is 1090 g/mol. The van der Waals surface area contributed by atoms with Gasteiger partial charge in [0.15, 0.2) is 58.6 Å². The number of carbonyl (C=O) groups excluding carboxylic acids is 2. The largest absolute Gasteiger partial charge is 0.493 e. The summed E-state index contributed by atoms with van der Waals surface area (Å²) in [6, 6.07) is 13.1. The first-order valence-electron chi connectivity index (χ1n) is 26.3. The number of aliphatic hydroxyl groups is 8. The highest BCUT2D eigenvalue weighted by molar-refractivity contribution is 5.80. The lowest BCUT2D eigenvalue weighted by Gasteiger charge is -2.48. The highest BCUT2D eigenvalue weighted by Gasteiger charge is 2.57. The van der Waals surface area contributed by atoms with Gasteiger partial charge in [0.2, 0.25) is 25.1 Å². The van der Waals surface area contributed by atoms with E-state index in [1.165, 1.54) is 42.7 Å². The number of benzene rings is 4. The molecule has 0 aromatic heterocycles. The maximum absolute atomic E-state index is 16.0. The summed E-state index contributed by atoms with van der Waals surface area (Å²) >= 11 is 0. The minimum atomic E-state index is -1.94. The molecule has 444 valence electrons. The van der Waals surface area contributed by atoms with Gasteiger partial charge < -0.3 is 117 Å². The third kappa shape index (κ3) is 9.66. The van der Waals surface area contributed by atoms with E-state index in [4.69, 9.17) is 75.8 Å². The molecule has 4 aromatic rings. The third-order valence-corrected chi connectivity index (χ3v) is 16.6. The fourth-order valence-electron chi connectivity index (χ4n) is 12.6. The number of rotatable bonds is 14. The molecule has 0 bridgehead atoms. The summed E-state index contributed by atoms with van der Waals surface area (Å²) in [7, 11) is 8.51. The highest BCUT2D eigenvalue weighted by atomic mass is 16.7. The molecule has 26 nitrogen and oxygen atoms in total. The minimum Gasteiger partial charge on any atom is -0.493 e. The first kappa shape index (κ1) is 57.2. The molecule has 0 amide bonds. The molecule has 0 radical (unpaired) electrons. The quantitative estimate of drug-likeness (QED) is 0.0796. The average molecular weight is 1150 g/mol. The van der Waals surface area contributed by atoms with Gasteiger partial charge in [0, 0.05) is 23.7 Å². The third-order valence-electron chi connectivity index (χ3n) is 16.6. The monoisotopic (exact) mass is 1150 g/mol. The number of aliphatic hydroxyl groups excluding tert-OH is 8. The number of ether oxygens (including phenoxy) is 16. The Morgan fingerprint density at radius 3 is 1.06 bits per heavy atom.